The van der Waals surface area contributed by atoms with E-state index < -0.39 is 0 Å². The summed E-state index contributed by atoms with van der Waals surface area (Å²) in [6.07, 6.45) is 6.54. The Morgan fingerprint density at radius 1 is 1.42 bits per heavy atom. The van der Waals surface area contributed by atoms with Crippen molar-refractivity contribution in [3.8, 4) is 0 Å². The Hall–Kier alpha value is -2.83. The van der Waals surface area contributed by atoms with E-state index in [1.807, 2.05) is 23.1 Å². The summed E-state index contributed by atoms with van der Waals surface area (Å²) in [5.41, 5.74) is 2.17. The first-order valence-corrected chi connectivity index (χ1v) is 8.15. The highest BCUT2D eigenvalue weighted by Gasteiger charge is 2.29. The molecule has 4 rings (SSSR count). The van der Waals surface area contributed by atoms with Gasteiger partial charge in [-0.3, -0.25) is 0 Å². The highest BCUT2D eigenvalue weighted by molar-refractivity contribution is 5.92. The minimum atomic E-state index is -0.115. The Bertz CT molecular complexity index is 855. The van der Waals surface area contributed by atoms with Crippen molar-refractivity contribution < 1.29 is 9.21 Å². The number of nitrogens with one attached hydrogen (secondary N) is 2. The third-order valence-corrected chi connectivity index (χ3v) is 4.34. The number of oxazole rings is 1. The molecular weight excluding hydrogens is 306 g/mol. The first-order chi connectivity index (χ1) is 11.7. The molecule has 7 heteroatoms. The Labute approximate surface area is 139 Å². The average Bonchev–Trinajstić information content (AvgIpc) is 3.23. The molecule has 24 heavy (non-hydrogen) atoms. The van der Waals surface area contributed by atoms with E-state index in [4.69, 9.17) is 4.42 Å². The van der Waals surface area contributed by atoms with Crippen LogP contribution in [0.1, 0.15) is 37.0 Å². The fourth-order valence-electron chi connectivity index (χ4n) is 3.23. The van der Waals surface area contributed by atoms with Gasteiger partial charge in [0.15, 0.2) is 11.5 Å². The molecule has 1 atom stereocenters. The molecule has 0 spiro atoms. The lowest BCUT2D eigenvalue weighted by Gasteiger charge is -2.34. The van der Waals surface area contributed by atoms with Crippen molar-refractivity contribution in [2.24, 2.45) is 0 Å². The molecule has 0 aliphatic carbocycles. The van der Waals surface area contributed by atoms with Crippen molar-refractivity contribution in [1.82, 2.24) is 19.9 Å². The zero-order valence-electron chi connectivity index (χ0n) is 13.5. The van der Waals surface area contributed by atoms with Crippen molar-refractivity contribution >= 4 is 22.8 Å². The van der Waals surface area contributed by atoms with E-state index in [1.165, 1.54) is 0 Å². The number of piperidine rings is 1. The molecule has 0 bridgehead atoms. The first kappa shape index (κ1) is 14.7. The molecule has 1 aromatic carbocycles. The standard InChI is InChI=1S/C17H19N5O2/c1-11-20-13-10-12(5-6-15(13)24-11)21-17(23)22-9-3-2-4-14(22)16-18-7-8-19-16/h5-8,10,14H,2-4,9H2,1H3,(H,18,19)(H,21,23)/t14-/m1/s1. The number of amides is 2. The molecule has 1 saturated heterocycles. The van der Waals surface area contributed by atoms with Crippen LogP contribution in [0.3, 0.4) is 0 Å². The second kappa shape index (κ2) is 5.99. The number of benzene rings is 1. The van der Waals surface area contributed by atoms with E-state index in [1.54, 1.807) is 19.3 Å². The predicted molar refractivity (Wildman–Crippen MR) is 89.7 cm³/mol. The van der Waals surface area contributed by atoms with Crippen LogP contribution in [0.4, 0.5) is 10.5 Å². The Balaban J connectivity index is 1.54. The van der Waals surface area contributed by atoms with Crippen molar-refractivity contribution in [1.29, 1.82) is 0 Å². The lowest BCUT2D eigenvalue weighted by molar-refractivity contribution is 0.160. The number of hydrogen-bond acceptors (Lipinski definition) is 4. The van der Waals surface area contributed by atoms with E-state index in [-0.39, 0.29) is 12.1 Å². The molecule has 0 unspecified atom stereocenters. The Kier molecular flexibility index (Phi) is 3.68. The number of hydrogen-bond donors (Lipinski definition) is 2. The molecule has 3 heterocycles. The van der Waals surface area contributed by atoms with Gasteiger partial charge in [-0.05, 0) is 37.5 Å². The number of fused-ring (bicyclic) bond motifs is 1. The number of imidazole rings is 1. The highest BCUT2D eigenvalue weighted by atomic mass is 16.3. The molecule has 2 aromatic heterocycles. The number of carbonyl (C=O) groups is 1. The van der Waals surface area contributed by atoms with Gasteiger partial charge in [-0.1, -0.05) is 0 Å². The number of anilines is 1. The van der Waals surface area contributed by atoms with E-state index in [9.17, 15) is 4.79 Å². The zero-order valence-corrected chi connectivity index (χ0v) is 13.5. The minimum Gasteiger partial charge on any atom is -0.441 e. The topological polar surface area (TPSA) is 87.0 Å². The summed E-state index contributed by atoms with van der Waals surface area (Å²) in [4.78, 5) is 26.3. The van der Waals surface area contributed by atoms with Crippen molar-refractivity contribution in [2.75, 3.05) is 11.9 Å². The second-order valence-corrected chi connectivity index (χ2v) is 6.02. The lowest BCUT2D eigenvalue weighted by atomic mass is 10.0. The molecule has 1 fully saturated rings. The van der Waals surface area contributed by atoms with Gasteiger partial charge in [0.05, 0.1) is 6.04 Å². The third kappa shape index (κ3) is 2.73. The van der Waals surface area contributed by atoms with E-state index in [0.29, 0.717) is 11.6 Å². The monoisotopic (exact) mass is 325 g/mol. The molecule has 1 aliphatic rings. The number of rotatable bonds is 2. The van der Waals surface area contributed by atoms with E-state index in [0.717, 1.165) is 42.7 Å². The van der Waals surface area contributed by atoms with Gasteiger partial charge in [-0.25, -0.2) is 14.8 Å². The second-order valence-electron chi connectivity index (χ2n) is 6.02. The minimum absolute atomic E-state index is 0.00761. The SMILES string of the molecule is Cc1nc2cc(NC(=O)N3CCCC[C@@H]3c3ncc[nH]3)ccc2o1. The number of aryl methyl sites for hydroxylation is 1. The van der Waals surface area contributed by atoms with Gasteiger partial charge in [0.1, 0.15) is 11.3 Å². The van der Waals surface area contributed by atoms with Crippen molar-refractivity contribution in [3.63, 3.8) is 0 Å². The Morgan fingerprint density at radius 3 is 3.17 bits per heavy atom. The average molecular weight is 325 g/mol. The highest BCUT2D eigenvalue weighted by Crippen LogP contribution is 2.29. The van der Waals surface area contributed by atoms with Crippen molar-refractivity contribution in [2.45, 2.75) is 32.2 Å². The molecule has 124 valence electrons. The number of likely N-dealkylation sites (tertiary alicyclic amines) is 1. The first-order valence-electron chi connectivity index (χ1n) is 8.15. The Morgan fingerprint density at radius 2 is 2.33 bits per heavy atom. The fraction of sp³-hybridized carbons (Fsp3) is 0.353. The molecule has 3 aromatic rings. The quantitative estimate of drug-likeness (QED) is 0.753. The summed E-state index contributed by atoms with van der Waals surface area (Å²) in [5, 5.41) is 2.97. The lowest BCUT2D eigenvalue weighted by Crippen LogP contribution is -2.41. The van der Waals surface area contributed by atoms with Crippen LogP contribution < -0.4 is 5.32 Å². The fourth-order valence-corrected chi connectivity index (χ4v) is 3.23. The van der Waals surface area contributed by atoms with Gasteiger partial charge in [-0.2, -0.15) is 0 Å². The maximum absolute atomic E-state index is 12.7. The van der Waals surface area contributed by atoms with Gasteiger partial charge in [-0.15, -0.1) is 0 Å². The maximum atomic E-state index is 12.7. The molecule has 2 N–H and O–H groups in total. The van der Waals surface area contributed by atoms with Crippen LogP contribution in [-0.4, -0.2) is 32.4 Å². The number of aromatic amines is 1. The van der Waals surface area contributed by atoms with Gasteiger partial charge in [0, 0.05) is 31.5 Å². The molecule has 0 saturated carbocycles. The van der Waals surface area contributed by atoms with Crippen LogP contribution >= 0.6 is 0 Å². The van der Waals surface area contributed by atoms with Gasteiger partial charge in [0.25, 0.3) is 0 Å². The van der Waals surface area contributed by atoms with Gasteiger partial charge >= 0.3 is 6.03 Å². The number of urea groups is 1. The largest absolute Gasteiger partial charge is 0.441 e. The normalized spacial score (nSPS) is 18.0. The van der Waals surface area contributed by atoms with Gasteiger partial charge in [0.2, 0.25) is 0 Å². The summed E-state index contributed by atoms with van der Waals surface area (Å²) in [6, 6.07) is 5.36. The van der Waals surface area contributed by atoms with Crippen molar-refractivity contribution in [3.05, 3.63) is 42.3 Å². The van der Waals surface area contributed by atoms with E-state index in [2.05, 4.69) is 20.3 Å². The predicted octanol–water partition coefficient (Wildman–Crippen LogP) is 3.62. The van der Waals surface area contributed by atoms with Crippen LogP contribution in [0.15, 0.2) is 35.0 Å². The van der Waals surface area contributed by atoms with Crippen LogP contribution in [-0.2, 0) is 0 Å². The molecular formula is C17H19N5O2. The van der Waals surface area contributed by atoms with Gasteiger partial charge < -0.3 is 19.6 Å². The maximum Gasteiger partial charge on any atom is 0.322 e. The molecule has 0 radical (unpaired) electrons. The molecule has 2 amide bonds. The van der Waals surface area contributed by atoms with Crippen LogP contribution in [0.25, 0.3) is 11.1 Å². The number of carbonyl (C=O) groups excluding carboxylic acids is 1. The smallest absolute Gasteiger partial charge is 0.322 e. The third-order valence-electron chi connectivity index (χ3n) is 4.34. The van der Waals surface area contributed by atoms with E-state index >= 15 is 0 Å². The summed E-state index contributed by atoms with van der Waals surface area (Å²) >= 11 is 0. The van der Waals surface area contributed by atoms with Crippen LogP contribution in [0.2, 0.25) is 0 Å². The summed E-state index contributed by atoms with van der Waals surface area (Å²) in [6.45, 7) is 2.53. The summed E-state index contributed by atoms with van der Waals surface area (Å²) in [7, 11) is 0. The molecule has 7 nitrogen and oxygen atoms in total. The van der Waals surface area contributed by atoms with Crippen LogP contribution in [0.5, 0.6) is 0 Å². The molecule has 1 aliphatic heterocycles. The number of nitrogens with zero attached hydrogens (tertiary/aromatic N) is 3. The summed E-state index contributed by atoms with van der Waals surface area (Å²) in [5.74, 6) is 1.45. The van der Waals surface area contributed by atoms with Crippen LogP contribution in [0, 0.1) is 6.92 Å². The number of aromatic nitrogens is 3. The number of H-pyrrole nitrogens is 1. The summed E-state index contributed by atoms with van der Waals surface area (Å²) < 4.78 is 5.46. The zero-order chi connectivity index (χ0) is 16.5.